The summed E-state index contributed by atoms with van der Waals surface area (Å²) in [6.45, 7) is 3.63. The topological polar surface area (TPSA) is 83.5 Å². The quantitative estimate of drug-likeness (QED) is 0.782. The van der Waals surface area contributed by atoms with Gasteiger partial charge in [-0.05, 0) is 43.2 Å². The molecule has 0 aromatic heterocycles. The first-order valence-electron chi connectivity index (χ1n) is 6.42. The second-order valence-corrected chi connectivity index (χ2v) is 6.34. The molecule has 1 aromatic rings. The van der Waals surface area contributed by atoms with E-state index >= 15 is 0 Å². The van der Waals surface area contributed by atoms with E-state index < -0.39 is 16.8 Å². The highest BCUT2D eigenvalue weighted by Gasteiger charge is 2.11. The molecule has 0 radical (unpaired) electrons. The number of benzene rings is 1. The molecule has 0 saturated heterocycles. The predicted octanol–water partition coefficient (Wildman–Crippen LogP) is 1.59. The molecule has 6 heteroatoms. The van der Waals surface area contributed by atoms with E-state index in [4.69, 9.17) is 5.11 Å². The highest BCUT2D eigenvalue weighted by Crippen LogP contribution is 2.13. The number of carboxylic acids is 1. The van der Waals surface area contributed by atoms with Crippen molar-refractivity contribution in [2.24, 2.45) is 0 Å². The largest absolute Gasteiger partial charge is 0.478 e. The summed E-state index contributed by atoms with van der Waals surface area (Å²) in [5, 5.41) is 11.4. The molecule has 0 fully saturated rings. The van der Waals surface area contributed by atoms with Gasteiger partial charge in [-0.2, -0.15) is 0 Å². The summed E-state index contributed by atoms with van der Waals surface area (Å²) >= 11 is 0. The molecule has 1 amide bonds. The predicted molar refractivity (Wildman–Crippen MR) is 83.7 cm³/mol. The van der Waals surface area contributed by atoms with Crippen molar-refractivity contribution in [1.82, 2.24) is 5.32 Å². The van der Waals surface area contributed by atoms with Gasteiger partial charge in [-0.25, -0.2) is 4.79 Å². The fourth-order valence-electron chi connectivity index (χ4n) is 1.82. The Balaban J connectivity index is 2.88. The lowest BCUT2D eigenvalue weighted by atomic mass is 10.0. The molecule has 0 bridgehead atoms. The summed E-state index contributed by atoms with van der Waals surface area (Å²) in [6, 6.07) is 4.89. The van der Waals surface area contributed by atoms with Crippen LogP contribution < -0.4 is 5.32 Å². The Bertz CT molecular complexity index is 595. The molecule has 0 spiro atoms. The van der Waals surface area contributed by atoms with Crippen LogP contribution in [0.5, 0.6) is 0 Å². The lowest BCUT2D eigenvalue weighted by Crippen LogP contribution is -2.36. The van der Waals surface area contributed by atoms with Gasteiger partial charge in [0.1, 0.15) is 0 Å². The van der Waals surface area contributed by atoms with Crippen molar-refractivity contribution in [2.75, 3.05) is 12.0 Å². The third-order valence-corrected chi connectivity index (χ3v) is 3.78. The zero-order valence-corrected chi connectivity index (χ0v) is 13.1. The molecule has 2 N–H and O–H groups in total. The number of aliphatic carboxylic acids is 1. The van der Waals surface area contributed by atoms with Crippen LogP contribution in [-0.4, -0.2) is 39.2 Å². The number of hydrogen-bond donors (Lipinski definition) is 2. The van der Waals surface area contributed by atoms with Crippen molar-refractivity contribution in [3.63, 3.8) is 0 Å². The van der Waals surface area contributed by atoms with Crippen LogP contribution in [-0.2, 0) is 15.6 Å². The van der Waals surface area contributed by atoms with Gasteiger partial charge in [0.2, 0.25) is 0 Å². The molecule has 114 valence electrons. The lowest BCUT2D eigenvalue weighted by molar-refractivity contribution is -0.131. The minimum atomic E-state index is -1.04. The number of hydrogen-bond acceptors (Lipinski definition) is 3. The number of carboxylic acid groups (broad SMARTS) is 1. The van der Waals surface area contributed by atoms with Crippen LogP contribution in [0.4, 0.5) is 0 Å². The van der Waals surface area contributed by atoms with Crippen LogP contribution in [0.2, 0.25) is 0 Å². The second-order valence-electron chi connectivity index (χ2n) is 4.86. The summed E-state index contributed by atoms with van der Waals surface area (Å²) in [5.41, 5.74) is 2.00. The minimum absolute atomic E-state index is 0.192. The Morgan fingerprint density at radius 2 is 2.10 bits per heavy atom. The highest BCUT2D eigenvalue weighted by molar-refractivity contribution is 7.84. The maximum atomic E-state index is 12.1. The molecule has 0 saturated carbocycles. The fourth-order valence-corrected chi connectivity index (χ4v) is 2.61. The minimum Gasteiger partial charge on any atom is -0.478 e. The first-order chi connectivity index (χ1) is 9.79. The maximum absolute atomic E-state index is 12.1. The molecular formula is C15H19NO4S. The van der Waals surface area contributed by atoms with Crippen molar-refractivity contribution >= 4 is 28.8 Å². The Hall–Kier alpha value is -1.95. The Labute approximate surface area is 126 Å². The third kappa shape index (κ3) is 5.91. The molecule has 0 aliphatic heterocycles. The summed E-state index contributed by atoms with van der Waals surface area (Å²) in [6.07, 6.45) is 4.08. The highest BCUT2D eigenvalue weighted by atomic mass is 32.2. The molecule has 0 heterocycles. The Morgan fingerprint density at radius 3 is 2.67 bits per heavy atom. The van der Waals surface area contributed by atoms with Crippen molar-refractivity contribution in [3.8, 4) is 0 Å². The third-order valence-electron chi connectivity index (χ3n) is 2.81. The molecule has 0 aliphatic rings. The van der Waals surface area contributed by atoms with Gasteiger partial charge in [-0.1, -0.05) is 6.07 Å². The monoisotopic (exact) mass is 309 g/mol. The van der Waals surface area contributed by atoms with Gasteiger partial charge in [0.05, 0.1) is 0 Å². The van der Waals surface area contributed by atoms with Crippen molar-refractivity contribution in [2.45, 2.75) is 19.9 Å². The first-order valence-corrected chi connectivity index (χ1v) is 8.15. The van der Waals surface area contributed by atoms with Gasteiger partial charge in [-0.3, -0.25) is 9.00 Å². The number of aryl methyl sites for hydroxylation is 1. The van der Waals surface area contributed by atoms with Crippen molar-refractivity contribution in [3.05, 3.63) is 41.0 Å². The molecule has 1 aromatic carbocycles. The summed E-state index contributed by atoms with van der Waals surface area (Å²) in [5.74, 6) is -0.912. The van der Waals surface area contributed by atoms with E-state index in [2.05, 4.69) is 5.32 Å². The number of rotatable bonds is 6. The normalized spacial score (nSPS) is 13.9. The zero-order valence-electron chi connectivity index (χ0n) is 12.3. The second kappa shape index (κ2) is 7.73. The van der Waals surface area contributed by atoms with Crippen LogP contribution in [0.3, 0.4) is 0 Å². The van der Waals surface area contributed by atoms with E-state index in [0.717, 1.165) is 11.6 Å². The molecule has 2 atom stereocenters. The SMILES string of the molecule is Cc1ccc(C(=O)NC(C)CS(C)=O)cc1/C=C/C(=O)O. The van der Waals surface area contributed by atoms with E-state index in [0.29, 0.717) is 16.9 Å². The van der Waals surface area contributed by atoms with Gasteiger partial charge in [0.15, 0.2) is 0 Å². The van der Waals surface area contributed by atoms with Gasteiger partial charge in [0.25, 0.3) is 5.91 Å². The summed E-state index contributed by atoms with van der Waals surface area (Å²) in [4.78, 5) is 22.6. The van der Waals surface area contributed by atoms with Gasteiger partial charge in [0, 0.05) is 40.5 Å². The van der Waals surface area contributed by atoms with E-state index in [-0.39, 0.29) is 11.9 Å². The average Bonchev–Trinajstić information content (AvgIpc) is 2.36. The van der Waals surface area contributed by atoms with Crippen molar-refractivity contribution in [1.29, 1.82) is 0 Å². The number of nitrogens with one attached hydrogen (secondary N) is 1. The lowest BCUT2D eigenvalue weighted by Gasteiger charge is -2.13. The first kappa shape index (κ1) is 17.1. The van der Waals surface area contributed by atoms with E-state index in [1.807, 2.05) is 6.92 Å². The van der Waals surface area contributed by atoms with Crippen LogP contribution in [0, 0.1) is 6.92 Å². The molecule has 1 rings (SSSR count). The van der Waals surface area contributed by atoms with E-state index in [1.165, 1.54) is 6.08 Å². The van der Waals surface area contributed by atoms with Crippen LogP contribution in [0.25, 0.3) is 6.08 Å². The smallest absolute Gasteiger partial charge is 0.328 e. The molecule has 0 aliphatic carbocycles. The molecular weight excluding hydrogens is 290 g/mol. The van der Waals surface area contributed by atoms with Gasteiger partial charge in [-0.15, -0.1) is 0 Å². The number of carbonyl (C=O) groups excluding carboxylic acids is 1. The van der Waals surface area contributed by atoms with Gasteiger partial charge >= 0.3 is 5.97 Å². The maximum Gasteiger partial charge on any atom is 0.328 e. The summed E-state index contributed by atoms with van der Waals surface area (Å²) < 4.78 is 11.1. The fraction of sp³-hybridized carbons (Fsp3) is 0.333. The average molecular weight is 309 g/mol. The zero-order chi connectivity index (χ0) is 16.0. The van der Waals surface area contributed by atoms with E-state index in [9.17, 15) is 13.8 Å². The van der Waals surface area contributed by atoms with E-state index in [1.54, 1.807) is 31.4 Å². The molecule has 5 nitrogen and oxygen atoms in total. The Kier molecular flexibility index (Phi) is 6.30. The van der Waals surface area contributed by atoms with Crippen LogP contribution in [0.1, 0.15) is 28.4 Å². The molecule has 21 heavy (non-hydrogen) atoms. The van der Waals surface area contributed by atoms with Crippen LogP contribution in [0.15, 0.2) is 24.3 Å². The Morgan fingerprint density at radius 1 is 1.43 bits per heavy atom. The molecule has 2 unspecified atom stereocenters. The summed E-state index contributed by atoms with van der Waals surface area (Å²) in [7, 11) is -0.976. The number of amides is 1. The van der Waals surface area contributed by atoms with Gasteiger partial charge < -0.3 is 10.4 Å². The van der Waals surface area contributed by atoms with Crippen molar-refractivity contribution < 1.29 is 18.9 Å². The van der Waals surface area contributed by atoms with Crippen LogP contribution >= 0.6 is 0 Å². The standard InChI is InChI=1S/C15H19NO4S/c1-10-4-5-13(8-12(10)6-7-14(17)18)15(19)16-11(2)9-21(3)20/h4-8,11H,9H2,1-3H3,(H,16,19)(H,17,18)/b7-6+. The number of carbonyl (C=O) groups is 2.